The number of ether oxygens (including phenoxy) is 1. The van der Waals surface area contributed by atoms with Crippen LogP contribution in [0.25, 0.3) is 0 Å². The zero-order valence-corrected chi connectivity index (χ0v) is 10.4. The van der Waals surface area contributed by atoms with Gasteiger partial charge in [0.25, 0.3) is 0 Å². The van der Waals surface area contributed by atoms with Gasteiger partial charge in [-0.15, -0.1) is 0 Å². The molecule has 1 saturated heterocycles. The van der Waals surface area contributed by atoms with Crippen LogP contribution in [0, 0.1) is 11.3 Å². The molecular weight excluding hydrogens is 202 g/mol. The topological polar surface area (TPSA) is 48.3 Å². The SMILES string of the molecule is CCNC(C#N)CN(CC)CC1CCCO1. The fourth-order valence-corrected chi connectivity index (χ4v) is 2.06. The highest BCUT2D eigenvalue weighted by Crippen LogP contribution is 2.13. The highest BCUT2D eigenvalue weighted by atomic mass is 16.5. The van der Waals surface area contributed by atoms with Crippen LogP contribution in [-0.4, -0.2) is 49.8 Å². The summed E-state index contributed by atoms with van der Waals surface area (Å²) in [6.45, 7) is 8.63. The van der Waals surface area contributed by atoms with Crippen molar-refractivity contribution >= 4 is 0 Å². The molecule has 2 atom stereocenters. The van der Waals surface area contributed by atoms with E-state index in [0.717, 1.165) is 39.2 Å². The Balaban J connectivity index is 2.32. The van der Waals surface area contributed by atoms with Gasteiger partial charge < -0.3 is 10.1 Å². The standard InChI is InChI=1S/C12H23N3O/c1-3-14-11(8-13)9-15(4-2)10-12-6-5-7-16-12/h11-12,14H,3-7,9-10H2,1-2H3. The van der Waals surface area contributed by atoms with Crippen molar-refractivity contribution in [2.75, 3.05) is 32.8 Å². The van der Waals surface area contributed by atoms with Crippen molar-refractivity contribution < 1.29 is 4.74 Å². The van der Waals surface area contributed by atoms with Gasteiger partial charge in [0, 0.05) is 19.7 Å². The molecule has 0 amide bonds. The van der Waals surface area contributed by atoms with Crippen LogP contribution in [0.4, 0.5) is 0 Å². The molecule has 1 aliphatic rings. The normalized spacial score (nSPS) is 22.2. The summed E-state index contributed by atoms with van der Waals surface area (Å²) in [7, 11) is 0. The molecule has 4 nitrogen and oxygen atoms in total. The molecule has 0 aromatic carbocycles. The van der Waals surface area contributed by atoms with Gasteiger partial charge in [0.1, 0.15) is 6.04 Å². The van der Waals surface area contributed by atoms with Gasteiger partial charge >= 0.3 is 0 Å². The fraction of sp³-hybridized carbons (Fsp3) is 0.917. The monoisotopic (exact) mass is 225 g/mol. The first kappa shape index (κ1) is 13.4. The van der Waals surface area contributed by atoms with Crippen LogP contribution in [-0.2, 0) is 4.74 Å². The molecule has 1 fully saturated rings. The molecule has 0 aliphatic carbocycles. The van der Waals surface area contributed by atoms with Crippen molar-refractivity contribution in [1.82, 2.24) is 10.2 Å². The Hall–Kier alpha value is -0.630. The summed E-state index contributed by atoms with van der Waals surface area (Å²) in [6, 6.07) is 2.24. The summed E-state index contributed by atoms with van der Waals surface area (Å²) in [5.41, 5.74) is 0. The zero-order chi connectivity index (χ0) is 11.8. The van der Waals surface area contributed by atoms with Crippen LogP contribution in [0.5, 0.6) is 0 Å². The summed E-state index contributed by atoms with van der Waals surface area (Å²) in [6.07, 6.45) is 2.72. The number of nitrogens with one attached hydrogen (secondary N) is 1. The molecule has 1 N–H and O–H groups in total. The molecule has 0 aromatic rings. The summed E-state index contributed by atoms with van der Waals surface area (Å²) in [5, 5.41) is 12.2. The summed E-state index contributed by atoms with van der Waals surface area (Å²) in [4.78, 5) is 2.30. The smallest absolute Gasteiger partial charge is 0.108 e. The number of nitriles is 1. The molecule has 0 bridgehead atoms. The van der Waals surface area contributed by atoms with Crippen LogP contribution in [0.2, 0.25) is 0 Å². The Morgan fingerprint density at radius 2 is 2.38 bits per heavy atom. The maximum absolute atomic E-state index is 8.99. The lowest BCUT2D eigenvalue weighted by Gasteiger charge is -2.25. The Labute approximate surface area is 98.6 Å². The Bertz CT molecular complexity index is 221. The van der Waals surface area contributed by atoms with Gasteiger partial charge in [-0.25, -0.2) is 0 Å². The van der Waals surface area contributed by atoms with E-state index in [4.69, 9.17) is 10.00 Å². The van der Waals surface area contributed by atoms with Crippen LogP contribution in [0.1, 0.15) is 26.7 Å². The number of nitrogens with zero attached hydrogens (tertiary/aromatic N) is 2. The maximum atomic E-state index is 8.99. The minimum atomic E-state index is -0.0636. The lowest BCUT2D eigenvalue weighted by atomic mass is 10.2. The second-order valence-corrected chi connectivity index (χ2v) is 4.23. The average molecular weight is 225 g/mol. The van der Waals surface area contributed by atoms with E-state index < -0.39 is 0 Å². The summed E-state index contributed by atoms with van der Waals surface area (Å²) < 4.78 is 5.62. The van der Waals surface area contributed by atoms with Gasteiger partial charge in [0.05, 0.1) is 12.2 Å². The highest BCUT2D eigenvalue weighted by molar-refractivity contribution is 4.92. The lowest BCUT2D eigenvalue weighted by Crippen LogP contribution is -2.42. The Kier molecular flexibility index (Phi) is 6.39. The minimum Gasteiger partial charge on any atom is -0.377 e. The molecule has 0 spiro atoms. The number of hydrogen-bond acceptors (Lipinski definition) is 4. The van der Waals surface area contributed by atoms with E-state index in [0.29, 0.717) is 6.10 Å². The number of rotatable bonds is 7. The zero-order valence-electron chi connectivity index (χ0n) is 10.4. The van der Waals surface area contributed by atoms with Gasteiger partial charge in [0.2, 0.25) is 0 Å². The first-order valence-corrected chi connectivity index (χ1v) is 6.27. The van der Waals surface area contributed by atoms with E-state index in [1.54, 1.807) is 0 Å². The van der Waals surface area contributed by atoms with E-state index in [-0.39, 0.29) is 6.04 Å². The molecule has 2 unspecified atom stereocenters. The second kappa shape index (κ2) is 7.61. The minimum absolute atomic E-state index is 0.0636. The summed E-state index contributed by atoms with van der Waals surface area (Å²) >= 11 is 0. The van der Waals surface area contributed by atoms with Crippen molar-refractivity contribution in [2.24, 2.45) is 0 Å². The van der Waals surface area contributed by atoms with Crippen molar-refractivity contribution in [3.05, 3.63) is 0 Å². The van der Waals surface area contributed by atoms with Gasteiger partial charge in [-0.3, -0.25) is 4.90 Å². The van der Waals surface area contributed by atoms with Gasteiger partial charge in [-0.05, 0) is 25.9 Å². The molecule has 4 heteroatoms. The van der Waals surface area contributed by atoms with Crippen molar-refractivity contribution in [3.63, 3.8) is 0 Å². The second-order valence-electron chi connectivity index (χ2n) is 4.23. The van der Waals surface area contributed by atoms with Gasteiger partial charge in [-0.1, -0.05) is 13.8 Å². The first-order chi connectivity index (χ1) is 7.80. The predicted molar refractivity (Wildman–Crippen MR) is 64.2 cm³/mol. The van der Waals surface area contributed by atoms with Crippen molar-refractivity contribution in [2.45, 2.75) is 38.8 Å². The van der Waals surface area contributed by atoms with Crippen molar-refractivity contribution in [3.8, 4) is 6.07 Å². The molecule has 1 heterocycles. The summed E-state index contributed by atoms with van der Waals surface area (Å²) in [5.74, 6) is 0. The van der Waals surface area contributed by atoms with Gasteiger partial charge in [-0.2, -0.15) is 5.26 Å². The molecule has 0 aromatic heterocycles. The van der Waals surface area contributed by atoms with Gasteiger partial charge in [0.15, 0.2) is 0 Å². The fourth-order valence-electron chi connectivity index (χ4n) is 2.06. The lowest BCUT2D eigenvalue weighted by molar-refractivity contribution is 0.0734. The molecule has 0 radical (unpaired) electrons. The third-order valence-electron chi connectivity index (χ3n) is 2.98. The highest BCUT2D eigenvalue weighted by Gasteiger charge is 2.20. The average Bonchev–Trinajstić information content (AvgIpc) is 2.80. The Morgan fingerprint density at radius 1 is 1.56 bits per heavy atom. The number of hydrogen-bond donors (Lipinski definition) is 1. The van der Waals surface area contributed by atoms with E-state index in [2.05, 4.69) is 23.2 Å². The van der Waals surface area contributed by atoms with E-state index in [1.807, 2.05) is 6.92 Å². The van der Waals surface area contributed by atoms with E-state index in [1.165, 1.54) is 6.42 Å². The molecular formula is C12H23N3O. The third-order valence-corrected chi connectivity index (χ3v) is 2.98. The van der Waals surface area contributed by atoms with Crippen LogP contribution >= 0.6 is 0 Å². The number of likely N-dealkylation sites (N-methyl/N-ethyl adjacent to an activating group) is 2. The molecule has 92 valence electrons. The van der Waals surface area contributed by atoms with Crippen molar-refractivity contribution in [1.29, 1.82) is 5.26 Å². The van der Waals surface area contributed by atoms with E-state index >= 15 is 0 Å². The molecule has 16 heavy (non-hydrogen) atoms. The van der Waals surface area contributed by atoms with E-state index in [9.17, 15) is 0 Å². The molecule has 1 aliphatic heterocycles. The predicted octanol–water partition coefficient (Wildman–Crippen LogP) is 0.989. The molecule has 0 saturated carbocycles. The molecule has 1 rings (SSSR count). The first-order valence-electron chi connectivity index (χ1n) is 6.27. The maximum Gasteiger partial charge on any atom is 0.108 e. The quantitative estimate of drug-likeness (QED) is 0.702. The van der Waals surface area contributed by atoms with Crippen LogP contribution in [0.3, 0.4) is 0 Å². The van der Waals surface area contributed by atoms with Crippen LogP contribution in [0.15, 0.2) is 0 Å². The Morgan fingerprint density at radius 3 is 2.88 bits per heavy atom. The third kappa shape index (κ3) is 4.48. The van der Waals surface area contributed by atoms with Crippen LogP contribution < -0.4 is 5.32 Å². The largest absolute Gasteiger partial charge is 0.377 e.